The van der Waals surface area contributed by atoms with Crippen molar-refractivity contribution in [2.45, 2.75) is 52.4 Å². The Labute approximate surface area is 179 Å². The van der Waals surface area contributed by atoms with Crippen LogP contribution in [0.1, 0.15) is 62.7 Å². The Morgan fingerprint density at radius 3 is 2.40 bits per heavy atom. The van der Waals surface area contributed by atoms with E-state index in [1.165, 1.54) is 6.42 Å². The first-order valence-corrected chi connectivity index (χ1v) is 11.0. The molecule has 0 atom stereocenters. The second-order valence-electron chi connectivity index (χ2n) is 8.42. The van der Waals surface area contributed by atoms with Gasteiger partial charge in [0, 0.05) is 22.9 Å². The molecule has 5 nitrogen and oxygen atoms in total. The lowest BCUT2D eigenvalue weighted by molar-refractivity contribution is -0.120. The molecular formula is C25H32N2O3. The number of carbonyl (C=O) groups is 2. The summed E-state index contributed by atoms with van der Waals surface area (Å²) in [6, 6.07) is 14.5. The molecule has 0 heterocycles. The molecule has 2 aromatic carbocycles. The molecule has 0 unspecified atom stereocenters. The van der Waals surface area contributed by atoms with Gasteiger partial charge in [-0.15, -0.1) is 0 Å². The van der Waals surface area contributed by atoms with Gasteiger partial charge in [-0.25, -0.2) is 0 Å². The lowest BCUT2D eigenvalue weighted by Crippen LogP contribution is -2.24. The van der Waals surface area contributed by atoms with E-state index in [9.17, 15) is 9.59 Å². The van der Waals surface area contributed by atoms with Gasteiger partial charge in [0.05, 0.1) is 6.61 Å². The number of carbonyl (C=O) groups excluding carboxylic acids is 2. The molecule has 160 valence electrons. The number of benzene rings is 2. The molecule has 0 saturated heterocycles. The monoisotopic (exact) mass is 408 g/mol. The molecule has 30 heavy (non-hydrogen) atoms. The maximum atomic E-state index is 12.7. The van der Waals surface area contributed by atoms with Crippen LogP contribution in [0, 0.1) is 11.8 Å². The minimum Gasteiger partial charge on any atom is -0.494 e. The number of ether oxygens (including phenoxy) is 1. The van der Waals surface area contributed by atoms with Crippen molar-refractivity contribution in [3.05, 3.63) is 54.1 Å². The number of hydrogen-bond acceptors (Lipinski definition) is 3. The number of anilines is 2. The zero-order valence-corrected chi connectivity index (χ0v) is 17.9. The molecule has 0 radical (unpaired) electrons. The van der Waals surface area contributed by atoms with Gasteiger partial charge in [-0.2, -0.15) is 0 Å². The Morgan fingerprint density at radius 2 is 1.67 bits per heavy atom. The van der Waals surface area contributed by atoms with E-state index in [1.54, 1.807) is 18.2 Å². The first-order valence-electron chi connectivity index (χ1n) is 11.0. The highest BCUT2D eigenvalue weighted by Gasteiger charge is 2.21. The molecule has 0 aromatic heterocycles. The first kappa shape index (κ1) is 21.9. The number of rotatable bonds is 8. The van der Waals surface area contributed by atoms with Gasteiger partial charge in [-0.3, -0.25) is 9.59 Å². The van der Waals surface area contributed by atoms with Crippen molar-refractivity contribution in [1.82, 2.24) is 0 Å². The lowest BCUT2D eigenvalue weighted by Gasteiger charge is -2.20. The van der Waals surface area contributed by atoms with Gasteiger partial charge < -0.3 is 15.4 Å². The normalized spacial score (nSPS) is 14.4. The average Bonchev–Trinajstić information content (AvgIpc) is 2.74. The molecule has 1 aliphatic rings. The van der Waals surface area contributed by atoms with Gasteiger partial charge >= 0.3 is 0 Å². The van der Waals surface area contributed by atoms with Crippen LogP contribution in [-0.4, -0.2) is 18.4 Å². The van der Waals surface area contributed by atoms with Gasteiger partial charge in [-0.1, -0.05) is 45.2 Å². The summed E-state index contributed by atoms with van der Waals surface area (Å²) in [5.41, 5.74) is 1.88. The van der Waals surface area contributed by atoms with Gasteiger partial charge in [0.1, 0.15) is 5.75 Å². The SMILES string of the molecule is CC(C)CCOc1cccc(C(=O)Nc2cccc(NC(=O)C3CCCCC3)c2)c1. The Kier molecular flexibility index (Phi) is 7.89. The highest BCUT2D eigenvalue weighted by molar-refractivity contribution is 6.05. The summed E-state index contributed by atoms with van der Waals surface area (Å²) in [6.45, 7) is 4.93. The van der Waals surface area contributed by atoms with Crippen LogP contribution < -0.4 is 15.4 Å². The molecule has 0 bridgehead atoms. The predicted molar refractivity (Wildman–Crippen MR) is 121 cm³/mol. The smallest absolute Gasteiger partial charge is 0.255 e. The van der Waals surface area contributed by atoms with E-state index < -0.39 is 0 Å². The molecule has 2 amide bonds. The minimum absolute atomic E-state index is 0.0735. The third-order valence-electron chi connectivity index (χ3n) is 5.42. The summed E-state index contributed by atoms with van der Waals surface area (Å²) in [6.07, 6.45) is 6.34. The summed E-state index contributed by atoms with van der Waals surface area (Å²) in [7, 11) is 0. The zero-order valence-electron chi connectivity index (χ0n) is 17.9. The topological polar surface area (TPSA) is 67.4 Å². The Bertz CT molecular complexity index is 857. The number of amides is 2. The third kappa shape index (κ3) is 6.61. The van der Waals surface area contributed by atoms with Crippen molar-refractivity contribution >= 4 is 23.2 Å². The fourth-order valence-electron chi connectivity index (χ4n) is 3.63. The van der Waals surface area contributed by atoms with Crippen molar-refractivity contribution in [2.75, 3.05) is 17.2 Å². The summed E-state index contributed by atoms with van der Waals surface area (Å²) in [4.78, 5) is 25.2. The Hall–Kier alpha value is -2.82. The molecule has 1 fully saturated rings. The fraction of sp³-hybridized carbons (Fsp3) is 0.440. The van der Waals surface area contributed by atoms with E-state index in [2.05, 4.69) is 24.5 Å². The van der Waals surface area contributed by atoms with Crippen molar-refractivity contribution in [1.29, 1.82) is 0 Å². The predicted octanol–water partition coefficient (Wildman–Crippen LogP) is 5.88. The minimum atomic E-state index is -0.208. The van der Waals surface area contributed by atoms with Crippen LogP contribution in [0.15, 0.2) is 48.5 Å². The molecule has 2 N–H and O–H groups in total. The maximum absolute atomic E-state index is 12.7. The Morgan fingerprint density at radius 1 is 0.967 bits per heavy atom. The molecular weight excluding hydrogens is 376 g/mol. The van der Waals surface area contributed by atoms with Crippen LogP contribution in [0.4, 0.5) is 11.4 Å². The van der Waals surface area contributed by atoms with Crippen molar-refractivity contribution in [3.8, 4) is 5.75 Å². The van der Waals surface area contributed by atoms with Gasteiger partial charge in [0.15, 0.2) is 0 Å². The summed E-state index contributed by atoms with van der Waals surface area (Å²) >= 11 is 0. The second-order valence-corrected chi connectivity index (χ2v) is 8.42. The molecule has 0 spiro atoms. The summed E-state index contributed by atoms with van der Waals surface area (Å²) < 4.78 is 5.75. The van der Waals surface area contributed by atoms with Crippen LogP contribution in [0.2, 0.25) is 0 Å². The fourth-order valence-corrected chi connectivity index (χ4v) is 3.63. The quantitative estimate of drug-likeness (QED) is 0.573. The van der Waals surface area contributed by atoms with Crippen LogP contribution >= 0.6 is 0 Å². The van der Waals surface area contributed by atoms with Crippen LogP contribution in [0.25, 0.3) is 0 Å². The van der Waals surface area contributed by atoms with Gasteiger partial charge in [-0.05, 0) is 61.6 Å². The highest BCUT2D eigenvalue weighted by Crippen LogP contribution is 2.25. The van der Waals surface area contributed by atoms with Gasteiger partial charge in [0.25, 0.3) is 5.91 Å². The summed E-state index contributed by atoms with van der Waals surface area (Å²) in [5.74, 6) is 1.22. The third-order valence-corrected chi connectivity index (χ3v) is 5.42. The van der Waals surface area contributed by atoms with E-state index in [0.29, 0.717) is 35.2 Å². The largest absolute Gasteiger partial charge is 0.494 e. The maximum Gasteiger partial charge on any atom is 0.255 e. The standard InChI is InChI=1S/C25H32N2O3/c1-18(2)14-15-30-23-13-6-10-20(16-23)25(29)27-22-12-7-11-21(17-22)26-24(28)19-8-4-3-5-9-19/h6-7,10-13,16-19H,3-5,8-9,14-15H2,1-2H3,(H,26,28)(H,27,29). The van der Waals surface area contributed by atoms with Crippen molar-refractivity contribution in [2.24, 2.45) is 11.8 Å². The molecule has 2 aromatic rings. The van der Waals surface area contributed by atoms with E-state index in [-0.39, 0.29) is 17.7 Å². The highest BCUT2D eigenvalue weighted by atomic mass is 16.5. The average molecular weight is 409 g/mol. The summed E-state index contributed by atoms with van der Waals surface area (Å²) in [5, 5.41) is 5.90. The van der Waals surface area contributed by atoms with E-state index >= 15 is 0 Å². The van der Waals surface area contributed by atoms with Crippen LogP contribution in [0.5, 0.6) is 5.75 Å². The zero-order chi connectivity index (χ0) is 21.3. The molecule has 1 aliphatic carbocycles. The van der Waals surface area contributed by atoms with Gasteiger partial charge in [0.2, 0.25) is 5.91 Å². The molecule has 5 heteroatoms. The molecule has 1 saturated carbocycles. The Balaban J connectivity index is 1.59. The van der Waals surface area contributed by atoms with E-state index in [0.717, 1.165) is 32.1 Å². The second kappa shape index (κ2) is 10.8. The molecule has 3 rings (SSSR count). The lowest BCUT2D eigenvalue weighted by atomic mass is 9.88. The van der Waals surface area contributed by atoms with Crippen LogP contribution in [0.3, 0.4) is 0 Å². The molecule has 0 aliphatic heterocycles. The van der Waals surface area contributed by atoms with E-state index in [4.69, 9.17) is 4.74 Å². The number of nitrogens with one attached hydrogen (secondary N) is 2. The van der Waals surface area contributed by atoms with Crippen molar-refractivity contribution in [3.63, 3.8) is 0 Å². The van der Waals surface area contributed by atoms with E-state index in [1.807, 2.05) is 30.3 Å². The first-order chi connectivity index (χ1) is 14.5. The van der Waals surface area contributed by atoms with Crippen LogP contribution in [-0.2, 0) is 4.79 Å². The van der Waals surface area contributed by atoms with Crippen molar-refractivity contribution < 1.29 is 14.3 Å². The number of hydrogen-bond donors (Lipinski definition) is 2.